The van der Waals surface area contributed by atoms with Crippen molar-refractivity contribution in [2.24, 2.45) is 17.8 Å². The molecule has 368 valence electrons. The van der Waals surface area contributed by atoms with Crippen molar-refractivity contribution in [3.63, 3.8) is 0 Å². The minimum atomic E-state index is -1.37. The van der Waals surface area contributed by atoms with E-state index in [4.69, 9.17) is 42.6 Å². The number of likely N-dealkylation sites (N-methyl/N-ethyl adjacent to an activating group) is 2. The summed E-state index contributed by atoms with van der Waals surface area (Å²) >= 11 is 0. The maximum atomic E-state index is 13.7. The van der Waals surface area contributed by atoms with Crippen LogP contribution in [0.4, 0.5) is 0 Å². The van der Waals surface area contributed by atoms with Gasteiger partial charge in [-0.3, -0.25) is 24.0 Å². The molecule has 0 spiro atoms. The molecule has 16 atom stereocenters. The molecule has 3 fully saturated rings. The Hall–Kier alpha value is -3.30. The number of aldehydes is 1. The number of ether oxygens (including phenoxy) is 9. The van der Waals surface area contributed by atoms with Crippen LogP contribution >= 0.6 is 0 Å². The second kappa shape index (κ2) is 25.0. The zero-order chi connectivity index (χ0) is 48.2. The summed E-state index contributed by atoms with van der Waals surface area (Å²) in [5.41, 5.74) is -1.33. The predicted molar refractivity (Wildman–Crippen MR) is 230 cm³/mol. The number of hydrazine groups is 1. The van der Waals surface area contributed by atoms with E-state index in [1.165, 1.54) is 21.0 Å². The van der Waals surface area contributed by atoms with Gasteiger partial charge in [-0.05, 0) is 66.5 Å². The molecule has 0 unspecified atom stereocenters. The molecule has 0 saturated carbocycles. The van der Waals surface area contributed by atoms with Gasteiger partial charge in [0.1, 0.15) is 36.8 Å². The van der Waals surface area contributed by atoms with Crippen LogP contribution in [0.25, 0.3) is 0 Å². The van der Waals surface area contributed by atoms with Gasteiger partial charge >= 0.3 is 29.8 Å². The molecule has 0 amide bonds. The van der Waals surface area contributed by atoms with Crippen molar-refractivity contribution >= 4 is 36.1 Å². The van der Waals surface area contributed by atoms with Gasteiger partial charge in [0.25, 0.3) is 0 Å². The number of nitrogens with zero attached hydrogens (tertiary/aromatic N) is 3. The highest BCUT2D eigenvalue weighted by Gasteiger charge is 2.56. The van der Waals surface area contributed by atoms with Gasteiger partial charge in [-0.25, -0.2) is 10.0 Å². The van der Waals surface area contributed by atoms with Crippen LogP contribution in [-0.4, -0.2) is 184 Å². The van der Waals surface area contributed by atoms with Crippen molar-refractivity contribution in [3.05, 3.63) is 0 Å². The summed E-state index contributed by atoms with van der Waals surface area (Å²) in [6, 6.07) is -0.809. The third-order valence-electron chi connectivity index (χ3n) is 12.8. The molecule has 3 saturated heterocycles. The largest absolute Gasteiger partial charge is 0.463 e. The van der Waals surface area contributed by atoms with Crippen LogP contribution in [-0.2, 0) is 71.4 Å². The first-order chi connectivity index (χ1) is 30.0. The number of hydrogen-bond acceptors (Lipinski definition) is 19. The third-order valence-corrected chi connectivity index (χ3v) is 12.8. The lowest BCUT2D eigenvalue weighted by molar-refractivity contribution is -0.319. The van der Waals surface area contributed by atoms with Crippen molar-refractivity contribution in [2.75, 3.05) is 48.4 Å². The molecule has 1 N–H and O–H groups in total. The number of aliphatic hydroxyl groups is 1. The topological polar surface area (TPSA) is 215 Å². The summed E-state index contributed by atoms with van der Waals surface area (Å²) in [4.78, 5) is 78.7. The summed E-state index contributed by atoms with van der Waals surface area (Å²) < 4.78 is 55.3. The summed E-state index contributed by atoms with van der Waals surface area (Å²) in [6.07, 6.45) is -9.32. The van der Waals surface area contributed by atoms with E-state index in [0.717, 1.165) is 6.29 Å². The quantitative estimate of drug-likeness (QED) is 0.160. The summed E-state index contributed by atoms with van der Waals surface area (Å²) in [6.45, 7) is 15.5. The summed E-state index contributed by atoms with van der Waals surface area (Å²) in [5.74, 6) is -4.75. The first-order valence-electron chi connectivity index (χ1n) is 22.6. The first kappa shape index (κ1) is 55.0. The number of cyclic esters (lactones) is 1. The summed E-state index contributed by atoms with van der Waals surface area (Å²) in [5, 5.41) is 16.6. The van der Waals surface area contributed by atoms with Crippen LogP contribution in [0, 0.1) is 17.8 Å². The van der Waals surface area contributed by atoms with E-state index in [9.17, 15) is 33.9 Å². The van der Waals surface area contributed by atoms with Gasteiger partial charge in [0, 0.05) is 73.2 Å². The lowest BCUT2D eigenvalue weighted by atomic mass is 9.71. The Morgan fingerprint density at radius 3 is 2.11 bits per heavy atom. The molecular formula is C45H77N3O16. The Labute approximate surface area is 379 Å². The van der Waals surface area contributed by atoms with E-state index < -0.39 is 127 Å². The van der Waals surface area contributed by atoms with Crippen molar-refractivity contribution < 1.29 is 76.5 Å². The van der Waals surface area contributed by atoms with Crippen LogP contribution in [0.2, 0.25) is 0 Å². The fourth-order valence-electron chi connectivity index (χ4n) is 9.51. The maximum Gasteiger partial charge on any atom is 0.309 e. The molecule has 19 heteroatoms. The lowest BCUT2D eigenvalue weighted by Gasteiger charge is -2.53. The third kappa shape index (κ3) is 14.9. The van der Waals surface area contributed by atoms with Gasteiger partial charge < -0.3 is 57.4 Å². The smallest absolute Gasteiger partial charge is 0.309 e. The fourth-order valence-corrected chi connectivity index (χ4v) is 9.51. The van der Waals surface area contributed by atoms with Gasteiger partial charge in [-0.2, -0.15) is 0 Å². The number of rotatable bonds is 13. The Bertz CT molecular complexity index is 1550. The average Bonchev–Trinajstić information content (AvgIpc) is 3.19. The number of aliphatic hydroxyl groups excluding tert-OH is 1. The molecule has 0 aliphatic carbocycles. The van der Waals surface area contributed by atoms with Crippen molar-refractivity contribution in [1.29, 1.82) is 0 Å². The zero-order valence-electron chi connectivity index (χ0n) is 40.5. The van der Waals surface area contributed by atoms with E-state index in [-0.39, 0.29) is 38.0 Å². The fraction of sp³-hybridized carbons (Fsp3) is 0.867. The SMILES string of the molecule is CCC(=O)O[C@@H]1CC(=O)O[C@H](C)CCN(C)N(C)C[C@H](OC(C)=O)[C@H](C)C[C@H](CC=O)[C@H]([C@@H]2O[C@H](C)[C@@H](O[C@H]3C[C@@](C)(OC(C)=O)[C@@H](OC(=O)CC)[C@H](C)O3)[C@H](N(C)C)[C@H]2O)[C@@H]1OC. The Kier molecular flexibility index (Phi) is 21.5. The molecule has 3 aliphatic rings. The predicted octanol–water partition coefficient (Wildman–Crippen LogP) is 2.85. The van der Waals surface area contributed by atoms with Crippen molar-refractivity contribution in [3.8, 4) is 0 Å². The Morgan fingerprint density at radius 2 is 1.55 bits per heavy atom. The molecule has 0 aromatic carbocycles. The van der Waals surface area contributed by atoms with Gasteiger partial charge in [0.05, 0.1) is 43.4 Å². The maximum absolute atomic E-state index is 13.7. The number of carbonyl (C=O) groups is 6. The van der Waals surface area contributed by atoms with Crippen LogP contribution in [0.15, 0.2) is 0 Å². The standard InChI is InChI=1S/C45H77N3O16/c1-15-34(52)61-32-22-36(54)57-26(4)17-19-47(12)48(13)24-33(60-29(7)50)25(3)21-31(18-20-49)38(42(32)56-14)43-40(55)39(46(10)11)41(27(5)59-43)63-37-23-45(9,64-30(8)51)44(28(6)58-37)62-35(53)16-2/h20,25-28,31-33,37-44,55H,15-19,21-24H2,1-14H3/t25-,26-,27-,28+,31+,32-,33+,37+,38+,39-,40-,41-,42-,43+,44+,45-/m1/s1. The van der Waals surface area contributed by atoms with Crippen molar-refractivity contribution in [2.45, 2.75) is 186 Å². The molecular weight excluding hydrogens is 838 g/mol. The van der Waals surface area contributed by atoms with E-state index in [0.29, 0.717) is 19.5 Å². The second-order valence-electron chi connectivity index (χ2n) is 18.2. The molecule has 3 heterocycles. The van der Waals surface area contributed by atoms with Crippen LogP contribution in [0.5, 0.6) is 0 Å². The highest BCUT2D eigenvalue weighted by Crippen LogP contribution is 2.43. The number of methoxy groups -OCH3 is 1. The minimum absolute atomic E-state index is 0.0107. The number of esters is 5. The molecule has 19 nitrogen and oxygen atoms in total. The van der Waals surface area contributed by atoms with Crippen LogP contribution < -0.4 is 0 Å². The molecule has 0 aromatic rings. The highest BCUT2D eigenvalue weighted by atomic mass is 16.7. The normalized spacial score (nSPS) is 37.8. The van der Waals surface area contributed by atoms with Crippen molar-refractivity contribution in [1.82, 2.24) is 14.9 Å². The summed E-state index contributed by atoms with van der Waals surface area (Å²) in [7, 11) is 8.69. The molecule has 3 aliphatic heterocycles. The monoisotopic (exact) mass is 916 g/mol. The Balaban J connectivity index is 2.18. The van der Waals surface area contributed by atoms with Gasteiger partial charge in [-0.1, -0.05) is 20.8 Å². The molecule has 0 radical (unpaired) electrons. The Morgan fingerprint density at radius 1 is 0.906 bits per heavy atom. The minimum Gasteiger partial charge on any atom is -0.463 e. The van der Waals surface area contributed by atoms with E-state index in [2.05, 4.69) is 0 Å². The van der Waals surface area contributed by atoms with Crippen LogP contribution in [0.1, 0.15) is 107 Å². The first-order valence-corrected chi connectivity index (χ1v) is 22.6. The average molecular weight is 916 g/mol. The highest BCUT2D eigenvalue weighted by molar-refractivity contribution is 5.73. The van der Waals surface area contributed by atoms with Crippen LogP contribution in [0.3, 0.4) is 0 Å². The molecule has 3 rings (SSSR count). The van der Waals surface area contributed by atoms with E-state index >= 15 is 0 Å². The van der Waals surface area contributed by atoms with E-state index in [1.54, 1.807) is 60.5 Å². The molecule has 0 aromatic heterocycles. The molecule has 0 bridgehead atoms. The molecule has 64 heavy (non-hydrogen) atoms. The number of hydrogen-bond donors (Lipinski definition) is 1. The number of carbonyl (C=O) groups excluding carboxylic acids is 6. The zero-order valence-corrected chi connectivity index (χ0v) is 40.5. The van der Waals surface area contributed by atoms with Gasteiger partial charge in [0.15, 0.2) is 18.0 Å². The lowest BCUT2D eigenvalue weighted by Crippen LogP contribution is -2.67. The van der Waals surface area contributed by atoms with Gasteiger partial charge in [0.2, 0.25) is 0 Å². The van der Waals surface area contributed by atoms with Gasteiger partial charge in [-0.15, -0.1) is 0 Å². The van der Waals surface area contributed by atoms with E-state index in [1.807, 2.05) is 31.0 Å². The second-order valence-corrected chi connectivity index (χ2v) is 18.2.